The molecule has 3 aromatic rings. The molecule has 0 spiro atoms. The smallest absolute Gasteiger partial charge is 0.261 e. The lowest BCUT2D eigenvalue weighted by molar-refractivity contribution is 0.424. The molecule has 6 heteroatoms. The quantitative estimate of drug-likeness (QED) is 0.428. The fraction of sp³-hybridized carbons (Fsp3) is 0.231. The SMILES string of the molecule is Cc1ccc(C)c([C@H]2Nc3ccc(S(=O)(=O)Nc4ccc(Cl)cc4)cc3[C@H]3C=CC[C@H]32)c1. The van der Waals surface area contributed by atoms with Crippen LogP contribution < -0.4 is 10.0 Å². The molecule has 2 N–H and O–H groups in total. The van der Waals surface area contributed by atoms with Crippen LogP contribution in [0.4, 0.5) is 11.4 Å². The van der Waals surface area contributed by atoms with Crippen molar-refractivity contribution in [3.8, 4) is 0 Å². The van der Waals surface area contributed by atoms with Gasteiger partial charge in [0.15, 0.2) is 0 Å². The van der Waals surface area contributed by atoms with E-state index in [1.807, 2.05) is 12.1 Å². The van der Waals surface area contributed by atoms with E-state index in [0.717, 1.165) is 17.7 Å². The van der Waals surface area contributed by atoms with Gasteiger partial charge in [-0.15, -0.1) is 0 Å². The molecule has 0 fully saturated rings. The van der Waals surface area contributed by atoms with Gasteiger partial charge in [-0.3, -0.25) is 4.72 Å². The molecular formula is C26H25ClN2O2S. The lowest BCUT2D eigenvalue weighted by Crippen LogP contribution is -2.30. The number of sulfonamides is 1. The van der Waals surface area contributed by atoms with Crippen LogP contribution in [-0.2, 0) is 10.0 Å². The molecule has 0 bridgehead atoms. The molecule has 1 heterocycles. The Hall–Kier alpha value is -2.76. The van der Waals surface area contributed by atoms with Crippen molar-refractivity contribution in [3.05, 3.63) is 100 Å². The van der Waals surface area contributed by atoms with Gasteiger partial charge < -0.3 is 5.32 Å². The van der Waals surface area contributed by atoms with E-state index < -0.39 is 10.0 Å². The maximum absolute atomic E-state index is 13.0. The number of fused-ring (bicyclic) bond motifs is 3. The molecule has 0 amide bonds. The number of benzene rings is 3. The third-order valence-corrected chi connectivity index (χ3v) is 8.14. The number of halogens is 1. The summed E-state index contributed by atoms with van der Waals surface area (Å²) < 4.78 is 28.8. The number of allylic oxidation sites excluding steroid dienone is 2. The second-order valence-electron chi connectivity index (χ2n) is 8.70. The molecule has 2 aliphatic rings. The molecular weight excluding hydrogens is 440 g/mol. The molecule has 5 rings (SSSR count). The Bertz CT molecular complexity index is 1320. The van der Waals surface area contributed by atoms with Gasteiger partial charge >= 0.3 is 0 Å². The highest BCUT2D eigenvalue weighted by molar-refractivity contribution is 7.92. The van der Waals surface area contributed by atoms with Crippen LogP contribution in [-0.4, -0.2) is 8.42 Å². The van der Waals surface area contributed by atoms with Crippen LogP contribution in [0.25, 0.3) is 0 Å². The Morgan fingerprint density at radius 2 is 1.75 bits per heavy atom. The zero-order chi connectivity index (χ0) is 22.5. The summed E-state index contributed by atoms with van der Waals surface area (Å²) in [4.78, 5) is 0.261. The fourth-order valence-electron chi connectivity index (χ4n) is 4.87. The molecule has 0 unspecified atom stereocenters. The predicted molar refractivity (Wildman–Crippen MR) is 131 cm³/mol. The van der Waals surface area contributed by atoms with E-state index in [1.165, 1.54) is 16.7 Å². The van der Waals surface area contributed by atoms with Crippen LogP contribution >= 0.6 is 11.6 Å². The number of nitrogens with one attached hydrogen (secondary N) is 2. The lowest BCUT2D eigenvalue weighted by atomic mass is 9.76. The Kier molecular flexibility index (Phi) is 5.26. The highest BCUT2D eigenvalue weighted by Crippen LogP contribution is 2.50. The Morgan fingerprint density at radius 3 is 2.53 bits per heavy atom. The summed E-state index contributed by atoms with van der Waals surface area (Å²) in [7, 11) is -3.71. The topological polar surface area (TPSA) is 58.2 Å². The summed E-state index contributed by atoms with van der Waals surface area (Å²) in [5.74, 6) is 0.534. The molecule has 164 valence electrons. The highest BCUT2D eigenvalue weighted by Gasteiger charge is 2.39. The molecule has 0 aromatic heterocycles. The molecule has 0 radical (unpaired) electrons. The van der Waals surface area contributed by atoms with Crippen molar-refractivity contribution in [2.24, 2.45) is 5.92 Å². The molecule has 0 saturated heterocycles. The number of rotatable bonds is 4. The minimum atomic E-state index is -3.71. The maximum atomic E-state index is 13.0. The van der Waals surface area contributed by atoms with Crippen LogP contribution in [0.5, 0.6) is 0 Å². The molecule has 1 aliphatic carbocycles. The molecule has 4 nitrogen and oxygen atoms in total. The van der Waals surface area contributed by atoms with E-state index in [2.05, 4.69) is 54.2 Å². The minimum Gasteiger partial charge on any atom is -0.378 e. The molecule has 1 aliphatic heterocycles. The highest BCUT2D eigenvalue weighted by atomic mass is 35.5. The fourth-order valence-corrected chi connectivity index (χ4v) is 6.09. The van der Waals surface area contributed by atoms with Crippen LogP contribution in [0.15, 0.2) is 77.7 Å². The van der Waals surface area contributed by atoms with Crippen molar-refractivity contribution >= 4 is 33.0 Å². The second kappa shape index (κ2) is 7.98. The van der Waals surface area contributed by atoms with Crippen LogP contribution in [0, 0.1) is 19.8 Å². The van der Waals surface area contributed by atoms with Crippen molar-refractivity contribution in [2.75, 3.05) is 10.0 Å². The molecule has 0 saturated carbocycles. The van der Waals surface area contributed by atoms with Crippen LogP contribution in [0.1, 0.15) is 40.6 Å². The maximum Gasteiger partial charge on any atom is 0.261 e. The summed E-state index contributed by atoms with van der Waals surface area (Å²) in [5, 5.41) is 4.28. The summed E-state index contributed by atoms with van der Waals surface area (Å²) in [5.41, 5.74) is 6.34. The zero-order valence-electron chi connectivity index (χ0n) is 18.0. The van der Waals surface area contributed by atoms with E-state index in [-0.39, 0.29) is 16.9 Å². The monoisotopic (exact) mass is 464 g/mol. The van der Waals surface area contributed by atoms with Crippen molar-refractivity contribution in [3.63, 3.8) is 0 Å². The van der Waals surface area contributed by atoms with Crippen molar-refractivity contribution < 1.29 is 8.42 Å². The van der Waals surface area contributed by atoms with Gasteiger partial charge in [-0.05, 0) is 85.3 Å². The predicted octanol–water partition coefficient (Wildman–Crippen LogP) is 6.58. The zero-order valence-corrected chi connectivity index (χ0v) is 19.5. The average Bonchev–Trinajstić information content (AvgIpc) is 3.26. The van der Waals surface area contributed by atoms with Gasteiger partial charge in [0.25, 0.3) is 10.0 Å². The lowest BCUT2D eigenvalue weighted by Gasteiger charge is -2.38. The number of anilines is 2. The minimum absolute atomic E-state index is 0.182. The third kappa shape index (κ3) is 3.80. The molecule has 32 heavy (non-hydrogen) atoms. The molecule has 3 aromatic carbocycles. The van der Waals surface area contributed by atoms with Gasteiger partial charge in [0.2, 0.25) is 0 Å². The largest absolute Gasteiger partial charge is 0.378 e. The summed E-state index contributed by atoms with van der Waals surface area (Å²) in [6.07, 6.45) is 5.41. The van der Waals surface area contributed by atoms with Gasteiger partial charge in [-0.25, -0.2) is 8.42 Å². The van der Waals surface area contributed by atoms with E-state index in [9.17, 15) is 8.42 Å². The van der Waals surface area contributed by atoms with Crippen LogP contribution in [0.3, 0.4) is 0 Å². The normalized spacial score (nSPS) is 21.5. The van der Waals surface area contributed by atoms with Gasteiger partial charge in [0.1, 0.15) is 0 Å². The number of aryl methyl sites for hydroxylation is 2. The van der Waals surface area contributed by atoms with Gasteiger partial charge in [-0.2, -0.15) is 0 Å². The number of hydrogen-bond donors (Lipinski definition) is 2. The Balaban J connectivity index is 1.50. The first-order valence-corrected chi connectivity index (χ1v) is 12.6. The van der Waals surface area contributed by atoms with Crippen molar-refractivity contribution in [2.45, 2.75) is 37.1 Å². The summed E-state index contributed by atoms with van der Waals surface area (Å²) >= 11 is 5.91. The Morgan fingerprint density at radius 1 is 0.969 bits per heavy atom. The van der Waals surface area contributed by atoms with E-state index in [4.69, 9.17) is 11.6 Å². The summed E-state index contributed by atoms with van der Waals surface area (Å²) in [6, 6.07) is 18.8. The average molecular weight is 465 g/mol. The summed E-state index contributed by atoms with van der Waals surface area (Å²) in [6.45, 7) is 4.27. The first-order valence-electron chi connectivity index (χ1n) is 10.7. The van der Waals surface area contributed by atoms with Gasteiger partial charge in [0.05, 0.1) is 10.9 Å². The molecule has 3 atom stereocenters. The van der Waals surface area contributed by atoms with Crippen molar-refractivity contribution in [1.82, 2.24) is 0 Å². The van der Waals surface area contributed by atoms with Gasteiger partial charge in [0, 0.05) is 22.3 Å². The van der Waals surface area contributed by atoms with Crippen LogP contribution in [0.2, 0.25) is 5.02 Å². The standard InChI is InChI=1S/C26H25ClN2O2S/c1-16-6-7-17(2)23(14-16)26-22-5-3-4-21(22)24-15-20(12-13-25(24)28-26)32(30,31)29-19-10-8-18(27)9-11-19/h3-4,6-15,21-22,26,28-29H,5H2,1-2H3/t21-,22+,26-/m0/s1. The first kappa shape index (κ1) is 21.1. The van der Waals surface area contributed by atoms with E-state index in [0.29, 0.717) is 16.6 Å². The second-order valence-corrected chi connectivity index (χ2v) is 10.8. The number of hydrogen-bond acceptors (Lipinski definition) is 3. The van der Waals surface area contributed by atoms with E-state index >= 15 is 0 Å². The van der Waals surface area contributed by atoms with E-state index in [1.54, 1.807) is 30.3 Å². The Labute approximate surface area is 194 Å². The third-order valence-electron chi connectivity index (χ3n) is 6.51. The van der Waals surface area contributed by atoms with Crippen molar-refractivity contribution in [1.29, 1.82) is 0 Å². The first-order chi connectivity index (χ1) is 15.3. The van der Waals surface area contributed by atoms with Gasteiger partial charge in [-0.1, -0.05) is 47.5 Å².